The first kappa shape index (κ1) is 12.1. The highest BCUT2D eigenvalue weighted by Gasteiger charge is 2.33. The Balaban J connectivity index is 2.49. The molecule has 0 spiro atoms. The standard InChI is InChI=1S/C12H19NO2/c1-4-9(5-2)13-12(14)10-7-8-15-11(10)6-3/h1,9-11H,5-8H2,2-3H3,(H,13,14). The molecular formula is C12H19NO2. The van der Waals surface area contributed by atoms with Crippen LogP contribution in [0.1, 0.15) is 33.1 Å². The van der Waals surface area contributed by atoms with Crippen LogP contribution in [0.3, 0.4) is 0 Å². The molecule has 15 heavy (non-hydrogen) atoms. The molecule has 0 saturated carbocycles. The first-order valence-corrected chi connectivity index (χ1v) is 5.61. The highest BCUT2D eigenvalue weighted by molar-refractivity contribution is 5.80. The van der Waals surface area contributed by atoms with Gasteiger partial charge in [0.1, 0.15) is 0 Å². The Hall–Kier alpha value is -1.01. The Morgan fingerprint density at radius 3 is 2.93 bits per heavy atom. The largest absolute Gasteiger partial charge is 0.377 e. The molecule has 0 aromatic rings. The van der Waals surface area contributed by atoms with Crippen molar-refractivity contribution in [3.63, 3.8) is 0 Å². The number of carbonyl (C=O) groups excluding carboxylic acids is 1. The van der Waals surface area contributed by atoms with E-state index in [0.717, 1.165) is 19.3 Å². The number of terminal acetylenes is 1. The van der Waals surface area contributed by atoms with Crippen LogP contribution in [-0.4, -0.2) is 24.7 Å². The van der Waals surface area contributed by atoms with E-state index in [9.17, 15) is 4.79 Å². The maximum absolute atomic E-state index is 11.9. The molecule has 0 aromatic carbocycles. The van der Waals surface area contributed by atoms with E-state index in [1.54, 1.807) is 0 Å². The highest BCUT2D eigenvalue weighted by atomic mass is 16.5. The molecule has 1 amide bonds. The third-order valence-corrected chi connectivity index (χ3v) is 2.87. The fraction of sp³-hybridized carbons (Fsp3) is 0.750. The van der Waals surface area contributed by atoms with E-state index in [4.69, 9.17) is 11.2 Å². The number of amides is 1. The Bertz CT molecular complexity index is 257. The van der Waals surface area contributed by atoms with E-state index in [2.05, 4.69) is 11.2 Å². The number of ether oxygens (including phenoxy) is 1. The van der Waals surface area contributed by atoms with Crippen molar-refractivity contribution in [3.8, 4) is 12.3 Å². The molecular weight excluding hydrogens is 190 g/mol. The van der Waals surface area contributed by atoms with Crippen LogP contribution in [0.4, 0.5) is 0 Å². The second kappa shape index (κ2) is 5.77. The summed E-state index contributed by atoms with van der Waals surface area (Å²) in [6.07, 6.45) is 7.83. The van der Waals surface area contributed by atoms with Crippen LogP contribution < -0.4 is 5.32 Å². The Kier molecular flexibility index (Phi) is 4.64. The minimum absolute atomic E-state index is 0.0163. The van der Waals surface area contributed by atoms with Gasteiger partial charge >= 0.3 is 0 Å². The van der Waals surface area contributed by atoms with Crippen LogP contribution in [0.2, 0.25) is 0 Å². The summed E-state index contributed by atoms with van der Waals surface area (Å²) in [4.78, 5) is 11.9. The van der Waals surface area contributed by atoms with Gasteiger partial charge in [-0.1, -0.05) is 19.8 Å². The molecule has 1 rings (SSSR count). The van der Waals surface area contributed by atoms with Crippen molar-refractivity contribution in [2.24, 2.45) is 5.92 Å². The quantitative estimate of drug-likeness (QED) is 0.709. The molecule has 3 atom stereocenters. The topological polar surface area (TPSA) is 38.3 Å². The monoisotopic (exact) mass is 209 g/mol. The lowest BCUT2D eigenvalue weighted by Gasteiger charge is -2.18. The van der Waals surface area contributed by atoms with E-state index >= 15 is 0 Å². The second-order valence-electron chi connectivity index (χ2n) is 3.85. The zero-order chi connectivity index (χ0) is 11.3. The molecule has 1 fully saturated rings. The van der Waals surface area contributed by atoms with Crippen LogP contribution >= 0.6 is 0 Å². The van der Waals surface area contributed by atoms with Crippen molar-refractivity contribution in [2.45, 2.75) is 45.3 Å². The van der Waals surface area contributed by atoms with Crippen LogP contribution in [0.15, 0.2) is 0 Å². The Morgan fingerprint density at radius 1 is 1.67 bits per heavy atom. The van der Waals surface area contributed by atoms with E-state index in [1.165, 1.54) is 0 Å². The molecule has 0 radical (unpaired) electrons. The molecule has 1 saturated heterocycles. The van der Waals surface area contributed by atoms with Gasteiger partial charge in [0.05, 0.1) is 18.1 Å². The number of nitrogens with one attached hydrogen (secondary N) is 1. The summed E-state index contributed by atoms with van der Waals surface area (Å²) in [7, 11) is 0. The molecule has 0 bridgehead atoms. The van der Waals surface area contributed by atoms with Crippen molar-refractivity contribution in [2.75, 3.05) is 6.61 Å². The van der Waals surface area contributed by atoms with Crippen molar-refractivity contribution < 1.29 is 9.53 Å². The fourth-order valence-corrected chi connectivity index (χ4v) is 1.89. The first-order valence-electron chi connectivity index (χ1n) is 5.61. The molecule has 84 valence electrons. The average Bonchev–Trinajstić information content (AvgIpc) is 2.73. The molecule has 3 unspecified atom stereocenters. The molecule has 1 heterocycles. The summed E-state index contributed by atoms with van der Waals surface area (Å²) in [6.45, 7) is 4.69. The summed E-state index contributed by atoms with van der Waals surface area (Å²) < 4.78 is 5.47. The van der Waals surface area contributed by atoms with Crippen molar-refractivity contribution >= 4 is 5.91 Å². The maximum atomic E-state index is 11.9. The van der Waals surface area contributed by atoms with Crippen molar-refractivity contribution in [3.05, 3.63) is 0 Å². The fourth-order valence-electron chi connectivity index (χ4n) is 1.89. The maximum Gasteiger partial charge on any atom is 0.226 e. The molecule has 1 N–H and O–H groups in total. The average molecular weight is 209 g/mol. The summed E-state index contributed by atoms with van der Waals surface area (Å²) in [5.74, 6) is 2.60. The zero-order valence-electron chi connectivity index (χ0n) is 9.45. The predicted octanol–water partition coefficient (Wildman–Crippen LogP) is 1.33. The smallest absolute Gasteiger partial charge is 0.226 e. The van der Waals surface area contributed by atoms with E-state index in [0.29, 0.717) is 6.61 Å². The Labute approximate surface area is 91.6 Å². The van der Waals surface area contributed by atoms with Gasteiger partial charge in [0, 0.05) is 6.61 Å². The molecule has 1 aliphatic rings. The van der Waals surface area contributed by atoms with Crippen molar-refractivity contribution in [1.82, 2.24) is 5.32 Å². The zero-order valence-corrected chi connectivity index (χ0v) is 9.45. The summed E-state index contributed by atoms with van der Waals surface area (Å²) in [5, 5.41) is 2.87. The summed E-state index contributed by atoms with van der Waals surface area (Å²) in [6, 6.07) is -0.143. The predicted molar refractivity (Wildman–Crippen MR) is 59.2 cm³/mol. The first-order chi connectivity index (χ1) is 7.22. The van der Waals surface area contributed by atoms with Crippen LogP contribution in [0.25, 0.3) is 0 Å². The summed E-state index contributed by atoms with van der Waals surface area (Å²) in [5.41, 5.74) is 0. The molecule has 1 aliphatic heterocycles. The van der Waals surface area contributed by atoms with Gasteiger partial charge in [-0.25, -0.2) is 0 Å². The molecule has 3 nitrogen and oxygen atoms in total. The van der Waals surface area contributed by atoms with Gasteiger partial charge in [-0.15, -0.1) is 6.42 Å². The lowest BCUT2D eigenvalue weighted by molar-refractivity contribution is -0.127. The van der Waals surface area contributed by atoms with Crippen LogP contribution in [0, 0.1) is 18.3 Å². The van der Waals surface area contributed by atoms with Gasteiger partial charge in [-0.3, -0.25) is 4.79 Å². The van der Waals surface area contributed by atoms with Gasteiger partial charge in [-0.05, 0) is 19.3 Å². The SMILES string of the molecule is C#CC(CC)NC(=O)C1CCOC1CC. The van der Waals surface area contributed by atoms with E-state index in [1.807, 2.05) is 13.8 Å². The minimum Gasteiger partial charge on any atom is -0.377 e. The van der Waals surface area contributed by atoms with E-state index in [-0.39, 0.29) is 24.0 Å². The number of carbonyl (C=O) groups is 1. The Morgan fingerprint density at radius 2 is 2.40 bits per heavy atom. The van der Waals surface area contributed by atoms with Gasteiger partial charge in [0.2, 0.25) is 5.91 Å². The van der Waals surface area contributed by atoms with Gasteiger partial charge in [0.15, 0.2) is 0 Å². The number of hydrogen-bond donors (Lipinski definition) is 1. The van der Waals surface area contributed by atoms with Crippen LogP contribution in [0.5, 0.6) is 0 Å². The van der Waals surface area contributed by atoms with Gasteiger partial charge in [0.25, 0.3) is 0 Å². The molecule has 0 aromatic heterocycles. The van der Waals surface area contributed by atoms with Crippen LogP contribution in [-0.2, 0) is 9.53 Å². The minimum atomic E-state index is -0.143. The third-order valence-electron chi connectivity index (χ3n) is 2.87. The lowest BCUT2D eigenvalue weighted by atomic mass is 9.98. The summed E-state index contributed by atoms with van der Waals surface area (Å²) >= 11 is 0. The molecule has 0 aliphatic carbocycles. The number of hydrogen-bond acceptors (Lipinski definition) is 2. The molecule has 3 heteroatoms. The highest BCUT2D eigenvalue weighted by Crippen LogP contribution is 2.23. The van der Waals surface area contributed by atoms with E-state index < -0.39 is 0 Å². The van der Waals surface area contributed by atoms with Gasteiger partial charge < -0.3 is 10.1 Å². The second-order valence-corrected chi connectivity index (χ2v) is 3.85. The third kappa shape index (κ3) is 2.97. The lowest BCUT2D eigenvalue weighted by Crippen LogP contribution is -2.40. The number of rotatable bonds is 4. The normalized spacial score (nSPS) is 27.0. The van der Waals surface area contributed by atoms with Gasteiger partial charge in [-0.2, -0.15) is 0 Å². The van der Waals surface area contributed by atoms with Crippen molar-refractivity contribution in [1.29, 1.82) is 0 Å².